The van der Waals surface area contributed by atoms with E-state index in [2.05, 4.69) is 10.6 Å². The predicted molar refractivity (Wildman–Crippen MR) is 99.6 cm³/mol. The molecule has 3 aliphatic heterocycles. The van der Waals surface area contributed by atoms with Gasteiger partial charge in [0.1, 0.15) is 5.75 Å². The molecule has 0 radical (unpaired) electrons. The first-order valence-corrected chi connectivity index (χ1v) is 9.49. The summed E-state index contributed by atoms with van der Waals surface area (Å²) in [6, 6.07) is 5.35. The molecule has 27 heavy (non-hydrogen) atoms. The minimum Gasteiger partial charge on any atom is -0.496 e. The zero-order valence-corrected chi connectivity index (χ0v) is 15.9. The monoisotopic (exact) mass is 373 g/mol. The van der Waals surface area contributed by atoms with Crippen molar-refractivity contribution in [1.29, 1.82) is 0 Å². The van der Waals surface area contributed by atoms with Crippen LogP contribution < -0.4 is 21.1 Å². The summed E-state index contributed by atoms with van der Waals surface area (Å²) in [4.78, 5) is 24.8. The molecule has 1 aliphatic carbocycles. The molecule has 0 aromatic heterocycles. The molecule has 1 aromatic carbocycles. The van der Waals surface area contributed by atoms with Gasteiger partial charge in [-0.05, 0) is 69.5 Å². The SMILES string of the molecule is COc1ccc(C(=O)NCC23CC(C(N)=O)(C2)C2(CCNCC2)O3)cc1C. The van der Waals surface area contributed by atoms with Crippen LogP contribution in [0.2, 0.25) is 0 Å². The van der Waals surface area contributed by atoms with Crippen molar-refractivity contribution in [2.75, 3.05) is 26.7 Å². The van der Waals surface area contributed by atoms with E-state index in [4.69, 9.17) is 15.2 Å². The maximum Gasteiger partial charge on any atom is 0.251 e. The van der Waals surface area contributed by atoms with Crippen molar-refractivity contribution >= 4 is 11.8 Å². The van der Waals surface area contributed by atoms with E-state index in [9.17, 15) is 9.59 Å². The van der Waals surface area contributed by atoms with Gasteiger partial charge in [0.25, 0.3) is 5.91 Å². The maximum atomic E-state index is 12.6. The van der Waals surface area contributed by atoms with Gasteiger partial charge in [0, 0.05) is 12.1 Å². The number of rotatable bonds is 5. The second kappa shape index (κ2) is 6.21. The summed E-state index contributed by atoms with van der Waals surface area (Å²) < 4.78 is 11.7. The van der Waals surface area contributed by atoms with Crippen LogP contribution in [0.1, 0.15) is 41.6 Å². The first-order valence-electron chi connectivity index (χ1n) is 9.49. The predicted octanol–water partition coefficient (Wildman–Crippen LogP) is 0.890. The first kappa shape index (κ1) is 18.3. The van der Waals surface area contributed by atoms with Crippen LogP contribution in [-0.4, -0.2) is 49.8 Å². The van der Waals surface area contributed by atoms with E-state index in [1.807, 2.05) is 13.0 Å². The van der Waals surface area contributed by atoms with Crippen molar-refractivity contribution in [2.24, 2.45) is 11.1 Å². The molecule has 146 valence electrons. The second-order valence-electron chi connectivity index (χ2n) is 8.20. The van der Waals surface area contributed by atoms with Crippen LogP contribution in [0.3, 0.4) is 0 Å². The van der Waals surface area contributed by atoms with Crippen molar-refractivity contribution in [3.63, 3.8) is 0 Å². The summed E-state index contributed by atoms with van der Waals surface area (Å²) in [7, 11) is 1.61. The Morgan fingerprint density at radius 2 is 2.00 bits per heavy atom. The highest BCUT2D eigenvalue weighted by Crippen LogP contribution is 2.68. The molecule has 4 fully saturated rings. The largest absolute Gasteiger partial charge is 0.496 e. The molecule has 1 aromatic rings. The molecule has 0 unspecified atom stereocenters. The lowest BCUT2D eigenvalue weighted by Crippen LogP contribution is -2.60. The Kier molecular flexibility index (Phi) is 4.20. The fourth-order valence-electron chi connectivity index (χ4n) is 5.29. The third kappa shape index (κ3) is 2.63. The highest BCUT2D eigenvalue weighted by molar-refractivity contribution is 5.94. The summed E-state index contributed by atoms with van der Waals surface area (Å²) in [6.07, 6.45) is 2.75. The topological polar surface area (TPSA) is 103 Å². The van der Waals surface area contributed by atoms with E-state index >= 15 is 0 Å². The van der Waals surface area contributed by atoms with Crippen LogP contribution in [0.15, 0.2) is 18.2 Å². The van der Waals surface area contributed by atoms with E-state index in [0.29, 0.717) is 24.9 Å². The van der Waals surface area contributed by atoms with Gasteiger partial charge in [-0.2, -0.15) is 0 Å². The van der Waals surface area contributed by atoms with Gasteiger partial charge < -0.3 is 25.8 Å². The number of hydrogen-bond acceptors (Lipinski definition) is 5. The van der Waals surface area contributed by atoms with E-state index in [0.717, 1.165) is 37.2 Å². The number of carbonyl (C=O) groups excluding carboxylic acids is 2. The van der Waals surface area contributed by atoms with Gasteiger partial charge in [-0.15, -0.1) is 0 Å². The molecule has 2 bridgehead atoms. The summed E-state index contributed by atoms with van der Waals surface area (Å²) in [6.45, 7) is 3.94. The third-order valence-electron chi connectivity index (χ3n) is 6.64. The zero-order chi connectivity index (χ0) is 19.3. The maximum absolute atomic E-state index is 12.6. The number of benzene rings is 1. The molecule has 7 heteroatoms. The van der Waals surface area contributed by atoms with Crippen LogP contribution >= 0.6 is 0 Å². The van der Waals surface area contributed by atoms with E-state index < -0.39 is 16.6 Å². The normalized spacial score (nSPS) is 30.6. The summed E-state index contributed by atoms with van der Waals surface area (Å²) >= 11 is 0. The van der Waals surface area contributed by atoms with Crippen molar-refractivity contribution in [3.05, 3.63) is 29.3 Å². The van der Waals surface area contributed by atoms with Gasteiger partial charge in [-0.3, -0.25) is 9.59 Å². The first-order chi connectivity index (χ1) is 12.9. The smallest absolute Gasteiger partial charge is 0.251 e. The minimum atomic E-state index is -0.587. The average molecular weight is 373 g/mol. The van der Waals surface area contributed by atoms with Gasteiger partial charge in [-0.25, -0.2) is 0 Å². The lowest BCUT2D eigenvalue weighted by atomic mass is 9.53. The zero-order valence-electron chi connectivity index (χ0n) is 15.9. The van der Waals surface area contributed by atoms with Crippen LogP contribution in [0.4, 0.5) is 0 Å². The van der Waals surface area contributed by atoms with Gasteiger partial charge in [0.2, 0.25) is 5.91 Å². The molecule has 5 rings (SSSR count). The number of carbonyl (C=O) groups is 2. The summed E-state index contributed by atoms with van der Waals surface area (Å²) in [5.41, 5.74) is 5.73. The van der Waals surface area contributed by atoms with E-state index in [1.165, 1.54) is 0 Å². The van der Waals surface area contributed by atoms with E-state index in [1.54, 1.807) is 19.2 Å². The molecule has 0 atom stereocenters. The second-order valence-corrected chi connectivity index (χ2v) is 8.20. The highest BCUT2D eigenvalue weighted by atomic mass is 16.5. The number of methoxy groups -OCH3 is 1. The van der Waals surface area contributed by atoms with Crippen LogP contribution in [0.5, 0.6) is 5.75 Å². The van der Waals surface area contributed by atoms with Crippen LogP contribution in [0, 0.1) is 12.3 Å². The Balaban J connectivity index is 1.46. The summed E-state index contributed by atoms with van der Waals surface area (Å²) in [5.74, 6) is 0.332. The number of nitrogens with two attached hydrogens (primary N) is 1. The number of piperidine rings is 1. The van der Waals surface area contributed by atoms with Crippen LogP contribution in [-0.2, 0) is 9.53 Å². The number of ether oxygens (including phenoxy) is 2. The molecule has 2 amide bonds. The Morgan fingerprint density at radius 3 is 2.59 bits per heavy atom. The van der Waals surface area contributed by atoms with Gasteiger partial charge in [0.15, 0.2) is 0 Å². The van der Waals surface area contributed by atoms with Crippen molar-refractivity contribution in [3.8, 4) is 5.75 Å². The fourth-order valence-corrected chi connectivity index (χ4v) is 5.29. The minimum absolute atomic E-state index is 0.151. The number of hydrogen-bond donors (Lipinski definition) is 3. The van der Waals surface area contributed by atoms with E-state index in [-0.39, 0.29) is 11.8 Å². The lowest BCUT2D eigenvalue weighted by Gasteiger charge is -2.47. The number of primary amides is 1. The van der Waals surface area contributed by atoms with Gasteiger partial charge in [-0.1, -0.05) is 0 Å². The van der Waals surface area contributed by atoms with Crippen molar-refractivity contribution in [2.45, 2.75) is 43.8 Å². The third-order valence-corrected chi connectivity index (χ3v) is 6.64. The fraction of sp³-hybridized carbons (Fsp3) is 0.600. The standard InChI is InChI=1S/C20H27N3O4/c1-13-9-14(3-4-15(13)26-2)16(24)23-12-18-10-19(11-18,17(21)25)20(27-18)5-7-22-8-6-20/h3-4,9,22H,5-8,10-12H2,1-2H3,(H2,21,25)(H,23,24). The number of aryl methyl sites for hydroxylation is 1. The van der Waals surface area contributed by atoms with Crippen LogP contribution in [0.25, 0.3) is 0 Å². The molecule has 3 saturated heterocycles. The molecule has 4 N–H and O–H groups in total. The Bertz CT molecular complexity index is 779. The molecule has 3 heterocycles. The highest BCUT2D eigenvalue weighted by Gasteiger charge is 2.77. The van der Waals surface area contributed by atoms with Crippen molar-refractivity contribution < 1.29 is 19.1 Å². The van der Waals surface area contributed by atoms with Gasteiger partial charge >= 0.3 is 0 Å². The average Bonchev–Trinajstić information content (AvgIpc) is 3.04. The molecular weight excluding hydrogens is 346 g/mol. The quantitative estimate of drug-likeness (QED) is 0.711. The lowest BCUT2D eigenvalue weighted by molar-refractivity contribution is -0.137. The molecule has 4 aliphatic rings. The summed E-state index contributed by atoms with van der Waals surface area (Å²) in [5, 5.41) is 6.31. The van der Waals surface area contributed by atoms with Gasteiger partial charge in [0.05, 0.1) is 23.7 Å². The molecule has 7 nitrogen and oxygen atoms in total. The number of nitrogens with one attached hydrogen (secondary N) is 2. The Hall–Kier alpha value is -2.12. The Labute approximate surface area is 159 Å². The molecule has 1 saturated carbocycles. The number of amides is 2. The molecular formula is C20H27N3O4. The molecule has 1 spiro atoms. The van der Waals surface area contributed by atoms with Crippen molar-refractivity contribution in [1.82, 2.24) is 10.6 Å². The Morgan fingerprint density at radius 1 is 1.30 bits per heavy atom.